The van der Waals surface area contributed by atoms with E-state index in [0.717, 1.165) is 5.06 Å². The van der Waals surface area contributed by atoms with Crippen molar-refractivity contribution >= 4 is 11.6 Å². The number of halogens is 2. The third-order valence-corrected chi connectivity index (χ3v) is 2.02. The molecule has 0 spiro atoms. The number of hydroxylamine groups is 2. The molecule has 0 aliphatic heterocycles. The van der Waals surface area contributed by atoms with E-state index < -0.39 is 5.82 Å². The first-order chi connectivity index (χ1) is 6.54. The lowest BCUT2D eigenvalue weighted by atomic mass is 10.2. The lowest BCUT2D eigenvalue weighted by molar-refractivity contribution is -0.0738. The first-order valence-corrected chi connectivity index (χ1v) is 4.34. The highest BCUT2D eigenvalue weighted by Gasteiger charge is 2.09. The monoisotopic (exact) mass is 219 g/mol. The quantitative estimate of drug-likeness (QED) is 0.792. The number of nitrogens with zero attached hydrogens (tertiary/aromatic N) is 1. The standard InChI is InChI=1S/C9H11ClFNO2/c1-12(13)5-6-3-7(10)9(14-2)4-8(6)11/h3-4,13H,5H2,1-2H3. The maximum atomic E-state index is 13.3. The zero-order valence-electron chi connectivity index (χ0n) is 7.92. The van der Waals surface area contributed by atoms with Gasteiger partial charge in [0.05, 0.1) is 18.7 Å². The summed E-state index contributed by atoms with van der Waals surface area (Å²) in [4.78, 5) is 0. The van der Waals surface area contributed by atoms with Crippen LogP contribution in [0.2, 0.25) is 5.02 Å². The molecule has 3 nitrogen and oxygen atoms in total. The van der Waals surface area contributed by atoms with Gasteiger partial charge in [0.15, 0.2) is 0 Å². The summed E-state index contributed by atoms with van der Waals surface area (Å²) in [6.45, 7) is 0.0789. The van der Waals surface area contributed by atoms with Crippen LogP contribution < -0.4 is 4.74 Å². The molecule has 1 aromatic carbocycles. The van der Waals surface area contributed by atoms with Gasteiger partial charge in [-0.3, -0.25) is 0 Å². The van der Waals surface area contributed by atoms with E-state index in [1.165, 1.54) is 26.3 Å². The number of hydrogen-bond donors (Lipinski definition) is 1. The molecule has 0 radical (unpaired) electrons. The van der Waals surface area contributed by atoms with Crippen molar-refractivity contribution in [1.82, 2.24) is 5.06 Å². The average molecular weight is 220 g/mol. The molecule has 0 saturated carbocycles. The normalized spacial score (nSPS) is 10.7. The third kappa shape index (κ3) is 2.57. The Kier molecular flexibility index (Phi) is 3.69. The third-order valence-electron chi connectivity index (χ3n) is 1.72. The van der Waals surface area contributed by atoms with Crippen LogP contribution in [-0.4, -0.2) is 24.4 Å². The lowest BCUT2D eigenvalue weighted by Gasteiger charge is -2.11. The Bertz CT molecular complexity index is 331. The van der Waals surface area contributed by atoms with E-state index >= 15 is 0 Å². The maximum Gasteiger partial charge on any atom is 0.140 e. The summed E-state index contributed by atoms with van der Waals surface area (Å²) in [6.07, 6.45) is 0. The molecule has 0 bridgehead atoms. The average Bonchev–Trinajstić information content (AvgIpc) is 2.10. The van der Waals surface area contributed by atoms with E-state index in [2.05, 4.69) is 0 Å². The fourth-order valence-corrected chi connectivity index (χ4v) is 1.36. The molecule has 0 aromatic heterocycles. The Hall–Kier alpha value is -0.840. The molecular weight excluding hydrogens is 209 g/mol. The molecule has 0 heterocycles. The van der Waals surface area contributed by atoms with Crippen LogP contribution in [0.1, 0.15) is 5.56 Å². The van der Waals surface area contributed by atoms with Crippen LogP contribution in [0.15, 0.2) is 12.1 Å². The smallest absolute Gasteiger partial charge is 0.140 e. The first-order valence-electron chi connectivity index (χ1n) is 3.96. The minimum Gasteiger partial charge on any atom is -0.495 e. The van der Waals surface area contributed by atoms with E-state index in [4.69, 9.17) is 21.5 Å². The number of hydrogen-bond acceptors (Lipinski definition) is 3. The number of rotatable bonds is 3. The Balaban J connectivity index is 3.02. The Morgan fingerprint density at radius 2 is 2.21 bits per heavy atom. The fraction of sp³-hybridized carbons (Fsp3) is 0.333. The second kappa shape index (κ2) is 4.59. The van der Waals surface area contributed by atoms with Gasteiger partial charge in [-0.25, -0.2) is 4.39 Å². The van der Waals surface area contributed by atoms with Gasteiger partial charge >= 0.3 is 0 Å². The Morgan fingerprint density at radius 1 is 1.57 bits per heavy atom. The molecule has 0 unspecified atom stereocenters. The molecule has 14 heavy (non-hydrogen) atoms. The molecule has 0 fully saturated rings. The van der Waals surface area contributed by atoms with E-state index in [0.29, 0.717) is 10.6 Å². The minimum atomic E-state index is -0.452. The zero-order valence-corrected chi connectivity index (χ0v) is 8.68. The fourth-order valence-electron chi connectivity index (χ4n) is 1.09. The second-order valence-corrected chi connectivity index (χ2v) is 3.30. The lowest BCUT2D eigenvalue weighted by Crippen LogP contribution is -2.12. The molecule has 1 N–H and O–H groups in total. The molecule has 0 saturated heterocycles. The molecule has 0 amide bonds. The van der Waals surface area contributed by atoms with Crippen molar-refractivity contribution in [2.75, 3.05) is 14.2 Å². The molecule has 1 aromatic rings. The van der Waals surface area contributed by atoms with Crippen LogP contribution in [0.4, 0.5) is 4.39 Å². The summed E-state index contributed by atoms with van der Waals surface area (Å²) >= 11 is 5.79. The van der Waals surface area contributed by atoms with E-state index in [1.807, 2.05) is 0 Å². The molecule has 5 heteroatoms. The zero-order chi connectivity index (χ0) is 10.7. The van der Waals surface area contributed by atoms with Crippen molar-refractivity contribution in [2.45, 2.75) is 6.54 Å². The SMILES string of the molecule is COc1cc(F)c(CN(C)O)cc1Cl. The maximum absolute atomic E-state index is 13.3. The number of benzene rings is 1. The van der Waals surface area contributed by atoms with E-state index in [-0.39, 0.29) is 12.3 Å². The van der Waals surface area contributed by atoms with Gasteiger partial charge in [-0.1, -0.05) is 11.6 Å². The Labute approximate surface area is 86.6 Å². The molecule has 0 aliphatic carbocycles. The number of methoxy groups -OCH3 is 1. The van der Waals surface area contributed by atoms with Crippen molar-refractivity contribution in [3.05, 3.63) is 28.5 Å². The van der Waals surface area contributed by atoms with Crippen LogP contribution in [-0.2, 0) is 6.54 Å². The second-order valence-electron chi connectivity index (χ2n) is 2.89. The van der Waals surface area contributed by atoms with Crippen LogP contribution >= 0.6 is 11.6 Å². The first kappa shape index (κ1) is 11.2. The van der Waals surface area contributed by atoms with Gasteiger partial charge in [0, 0.05) is 18.7 Å². The predicted octanol–water partition coefficient (Wildman–Crippen LogP) is 2.31. The van der Waals surface area contributed by atoms with Crippen LogP contribution in [0.25, 0.3) is 0 Å². The summed E-state index contributed by atoms with van der Waals surface area (Å²) in [5.74, 6) is -0.166. The summed E-state index contributed by atoms with van der Waals surface area (Å²) in [6, 6.07) is 2.63. The molecular formula is C9H11ClFNO2. The predicted molar refractivity (Wildman–Crippen MR) is 51.2 cm³/mol. The molecule has 0 atom stereocenters. The van der Waals surface area contributed by atoms with Crippen molar-refractivity contribution in [3.63, 3.8) is 0 Å². The minimum absolute atomic E-state index is 0.0789. The van der Waals surface area contributed by atoms with Crippen LogP contribution in [0.3, 0.4) is 0 Å². The van der Waals surface area contributed by atoms with Gasteiger partial charge in [0.1, 0.15) is 11.6 Å². The van der Waals surface area contributed by atoms with Gasteiger partial charge in [-0.15, -0.1) is 0 Å². The van der Waals surface area contributed by atoms with Gasteiger partial charge in [-0.05, 0) is 6.07 Å². The van der Waals surface area contributed by atoms with E-state index in [1.54, 1.807) is 0 Å². The summed E-state index contributed by atoms with van der Waals surface area (Å²) in [5, 5.41) is 10.1. The van der Waals surface area contributed by atoms with Crippen molar-refractivity contribution < 1.29 is 14.3 Å². The van der Waals surface area contributed by atoms with Crippen LogP contribution in [0, 0.1) is 5.82 Å². The van der Waals surface area contributed by atoms with Gasteiger partial charge in [0.2, 0.25) is 0 Å². The summed E-state index contributed by atoms with van der Waals surface area (Å²) in [5.41, 5.74) is 0.320. The Morgan fingerprint density at radius 3 is 2.71 bits per heavy atom. The van der Waals surface area contributed by atoms with Crippen molar-refractivity contribution in [2.24, 2.45) is 0 Å². The van der Waals surface area contributed by atoms with Crippen LogP contribution in [0.5, 0.6) is 5.75 Å². The highest BCUT2D eigenvalue weighted by atomic mass is 35.5. The summed E-state index contributed by atoms with van der Waals surface area (Å²) in [7, 11) is 2.84. The molecule has 78 valence electrons. The van der Waals surface area contributed by atoms with Gasteiger partial charge in [-0.2, -0.15) is 5.06 Å². The highest BCUT2D eigenvalue weighted by Crippen LogP contribution is 2.27. The topological polar surface area (TPSA) is 32.7 Å². The van der Waals surface area contributed by atoms with E-state index in [9.17, 15) is 4.39 Å². The van der Waals surface area contributed by atoms with Gasteiger partial charge in [0.25, 0.3) is 0 Å². The van der Waals surface area contributed by atoms with Crippen molar-refractivity contribution in [1.29, 1.82) is 0 Å². The highest BCUT2D eigenvalue weighted by molar-refractivity contribution is 6.32. The summed E-state index contributed by atoms with van der Waals surface area (Å²) < 4.78 is 18.1. The van der Waals surface area contributed by atoms with Gasteiger partial charge < -0.3 is 9.94 Å². The molecule has 0 aliphatic rings. The number of ether oxygens (including phenoxy) is 1. The molecule has 1 rings (SSSR count). The largest absolute Gasteiger partial charge is 0.495 e. The van der Waals surface area contributed by atoms with Crippen molar-refractivity contribution in [3.8, 4) is 5.75 Å².